The van der Waals surface area contributed by atoms with Gasteiger partial charge in [0.1, 0.15) is 0 Å². The van der Waals surface area contributed by atoms with Crippen LogP contribution in [-0.2, 0) is 6.42 Å². The van der Waals surface area contributed by atoms with Crippen molar-refractivity contribution in [2.75, 3.05) is 6.79 Å². The van der Waals surface area contributed by atoms with Gasteiger partial charge < -0.3 is 14.6 Å². The van der Waals surface area contributed by atoms with Crippen LogP contribution in [0.2, 0.25) is 0 Å². The fourth-order valence-electron chi connectivity index (χ4n) is 2.08. The van der Waals surface area contributed by atoms with Gasteiger partial charge in [-0.2, -0.15) is 0 Å². The Kier molecular flexibility index (Phi) is 2.90. The van der Waals surface area contributed by atoms with E-state index in [2.05, 4.69) is 0 Å². The molecule has 3 heteroatoms. The first-order chi connectivity index (χ1) is 8.83. The van der Waals surface area contributed by atoms with E-state index in [1.165, 1.54) is 0 Å². The van der Waals surface area contributed by atoms with E-state index in [0.717, 1.165) is 22.6 Å². The zero-order chi connectivity index (χ0) is 12.4. The third-order valence-corrected chi connectivity index (χ3v) is 3.05. The minimum absolute atomic E-state index is 0.278. The van der Waals surface area contributed by atoms with Crippen molar-refractivity contribution >= 4 is 0 Å². The van der Waals surface area contributed by atoms with Crippen molar-refractivity contribution in [3.05, 3.63) is 59.7 Å². The second kappa shape index (κ2) is 4.70. The number of benzene rings is 2. The average molecular weight is 242 g/mol. The van der Waals surface area contributed by atoms with Gasteiger partial charge in [-0.3, -0.25) is 0 Å². The highest BCUT2D eigenvalue weighted by Gasteiger charge is 2.15. The molecule has 0 bridgehead atoms. The molecule has 2 aromatic rings. The summed E-state index contributed by atoms with van der Waals surface area (Å²) in [6.07, 6.45) is 0.0762. The average Bonchev–Trinajstić information content (AvgIpc) is 2.87. The molecule has 0 aromatic heterocycles. The van der Waals surface area contributed by atoms with Crippen LogP contribution in [0.1, 0.15) is 17.2 Å². The maximum absolute atomic E-state index is 10.2. The molecule has 92 valence electrons. The molecule has 18 heavy (non-hydrogen) atoms. The highest BCUT2D eigenvalue weighted by atomic mass is 16.7. The van der Waals surface area contributed by atoms with Crippen molar-refractivity contribution in [1.82, 2.24) is 0 Å². The fourth-order valence-corrected chi connectivity index (χ4v) is 2.08. The lowest BCUT2D eigenvalue weighted by atomic mass is 10.0. The predicted molar refractivity (Wildman–Crippen MR) is 67.7 cm³/mol. The van der Waals surface area contributed by atoms with Gasteiger partial charge in [-0.25, -0.2) is 0 Å². The minimum Gasteiger partial charge on any atom is -0.454 e. The summed E-state index contributed by atoms with van der Waals surface area (Å²) in [6, 6.07) is 15.4. The summed E-state index contributed by atoms with van der Waals surface area (Å²) in [5, 5.41) is 10.2. The van der Waals surface area contributed by atoms with E-state index in [-0.39, 0.29) is 6.79 Å². The van der Waals surface area contributed by atoms with Gasteiger partial charge in [0.2, 0.25) is 6.79 Å². The normalized spacial score (nSPS) is 14.5. The van der Waals surface area contributed by atoms with Gasteiger partial charge >= 0.3 is 0 Å². The van der Waals surface area contributed by atoms with Crippen LogP contribution in [0.5, 0.6) is 11.5 Å². The van der Waals surface area contributed by atoms with Gasteiger partial charge in [-0.05, 0) is 23.3 Å². The van der Waals surface area contributed by atoms with E-state index in [1.54, 1.807) is 0 Å². The second-order valence-corrected chi connectivity index (χ2v) is 4.32. The van der Waals surface area contributed by atoms with E-state index in [1.807, 2.05) is 48.5 Å². The Labute approximate surface area is 106 Å². The topological polar surface area (TPSA) is 38.7 Å². The van der Waals surface area contributed by atoms with E-state index in [0.29, 0.717) is 6.42 Å². The molecule has 1 N–H and O–H groups in total. The zero-order valence-electron chi connectivity index (χ0n) is 9.87. The minimum atomic E-state index is -0.494. The molecule has 0 saturated heterocycles. The summed E-state index contributed by atoms with van der Waals surface area (Å²) in [5.74, 6) is 1.53. The van der Waals surface area contributed by atoms with E-state index < -0.39 is 6.10 Å². The van der Waals surface area contributed by atoms with Crippen LogP contribution in [0.25, 0.3) is 0 Å². The fraction of sp³-hybridized carbons (Fsp3) is 0.200. The Morgan fingerprint density at radius 1 is 1.00 bits per heavy atom. The first kappa shape index (κ1) is 11.1. The molecule has 0 amide bonds. The molecular formula is C15H14O3. The molecule has 0 fully saturated rings. The van der Waals surface area contributed by atoms with Crippen LogP contribution < -0.4 is 9.47 Å². The smallest absolute Gasteiger partial charge is 0.231 e. The molecular weight excluding hydrogens is 228 g/mol. The van der Waals surface area contributed by atoms with Gasteiger partial charge in [0.25, 0.3) is 0 Å². The monoisotopic (exact) mass is 242 g/mol. The van der Waals surface area contributed by atoms with Crippen LogP contribution in [0, 0.1) is 0 Å². The van der Waals surface area contributed by atoms with Crippen LogP contribution >= 0.6 is 0 Å². The summed E-state index contributed by atoms with van der Waals surface area (Å²) in [4.78, 5) is 0. The number of hydrogen-bond donors (Lipinski definition) is 1. The molecule has 3 rings (SSSR count). The molecule has 0 unspecified atom stereocenters. The van der Waals surface area contributed by atoms with Crippen molar-refractivity contribution in [3.8, 4) is 11.5 Å². The van der Waals surface area contributed by atoms with E-state index >= 15 is 0 Å². The van der Waals surface area contributed by atoms with Crippen molar-refractivity contribution in [2.45, 2.75) is 12.5 Å². The summed E-state index contributed by atoms with van der Waals surface area (Å²) >= 11 is 0. The van der Waals surface area contributed by atoms with Crippen LogP contribution in [0.15, 0.2) is 48.5 Å². The molecule has 0 spiro atoms. The van der Waals surface area contributed by atoms with Gasteiger partial charge in [0.15, 0.2) is 11.5 Å². The Bertz CT molecular complexity index is 537. The molecule has 0 aliphatic carbocycles. The molecule has 1 atom stereocenters. The summed E-state index contributed by atoms with van der Waals surface area (Å²) in [7, 11) is 0. The lowest BCUT2D eigenvalue weighted by molar-refractivity contribution is 0.173. The highest BCUT2D eigenvalue weighted by molar-refractivity contribution is 5.44. The highest BCUT2D eigenvalue weighted by Crippen LogP contribution is 2.33. The number of ether oxygens (including phenoxy) is 2. The molecule has 0 saturated carbocycles. The van der Waals surface area contributed by atoms with Crippen molar-refractivity contribution in [2.24, 2.45) is 0 Å². The molecule has 0 radical (unpaired) electrons. The summed E-state index contributed by atoms with van der Waals surface area (Å²) in [5.41, 5.74) is 1.96. The number of fused-ring (bicyclic) bond motifs is 1. The Hall–Kier alpha value is -2.00. The van der Waals surface area contributed by atoms with Crippen molar-refractivity contribution < 1.29 is 14.6 Å². The zero-order valence-corrected chi connectivity index (χ0v) is 9.87. The van der Waals surface area contributed by atoms with Crippen LogP contribution in [0.4, 0.5) is 0 Å². The van der Waals surface area contributed by atoms with E-state index in [9.17, 15) is 5.11 Å². The molecule has 1 aliphatic heterocycles. The van der Waals surface area contributed by atoms with Gasteiger partial charge in [-0.15, -0.1) is 0 Å². The van der Waals surface area contributed by atoms with Crippen molar-refractivity contribution in [3.63, 3.8) is 0 Å². The standard InChI is InChI=1S/C15H14O3/c16-13(12-4-2-1-3-5-12)8-11-6-7-14-15(9-11)18-10-17-14/h1-7,9,13,16H,8,10H2/t13-/m1/s1. The largest absolute Gasteiger partial charge is 0.454 e. The Morgan fingerprint density at radius 3 is 2.61 bits per heavy atom. The lowest BCUT2D eigenvalue weighted by Crippen LogP contribution is -2.01. The van der Waals surface area contributed by atoms with Crippen LogP contribution in [0.3, 0.4) is 0 Å². The predicted octanol–water partition coefficient (Wildman–Crippen LogP) is 2.69. The maximum atomic E-state index is 10.2. The Balaban J connectivity index is 1.77. The molecule has 1 aliphatic rings. The second-order valence-electron chi connectivity index (χ2n) is 4.32. The molecule has 1 heterocycles. The van der Waals surface area contributed by atoms with Gasteiger partial charge in [0, 0.05) is 6.42 Å². The first-order valence-electron chi connectivity index (χ1n) is 5.94. The van der Waals surface area contributed by atoms with Gasteiger partial charge in [-0.1, -0.05) is 36.4 Å². The molecule has 3 nitrogen and oxygen atoms in total. The summed E-state index contributed by atoms with van der Waals surface area (Å²) < 4.78 is 10.6. The maximum Gasteiger partial charge on any atom is 0.231 e. The quantitative estimate of drug-likeness (QED) is 0.899. The molecule has 2 aromatic carbocycles. The van der Waals surface area contributed by atoms with Crippen molar-refractivity contribution in [1.29, 1.82) is 0 Å². The van der Waals surface area contributed by atoms with Crippen LogP contribution in [-0.4, -0.2) is 11.9 Å². The third-order valence-electron chi connectivity index (χ3n) is 3.05. The lowest BCUT2D eigenvalue weighted by Gasteiger charge is -2.11. The van der Waals surface area contributed by atoms with E-state index in [4.69, 9.17) is 9.47 Å². The van der Waals surface area contributed by atoms with Gasteiger partial charge in [0.05, 0.1) is 6.10 Å². The SMILES string of the molecule is O[C@H](Cc1ccc2c(c1)OCO2)c1ccccc1. The number of hydrogen-bond acceptors (Lipinski definition) is 3. The third kappa shape index (κ3) is 2.17. The first-order valence-corrected chi connectivity index (χ1v) is 5.94. The number of rotatable bonds is 3. The number of aliphatic hydroxyl groups excluding tert-OH is 1. The number of aliphatic hydroxyl groups is 1. The summed E-state index contributed by atoms with van der Waals surface area (Å²) in [6.45, 7) is 0.278. The Morgan fingerprint density at radius 2 is 1.78 bits per heavy atom.